The highest BCUT2D eigenvalue weighted by atomic mass is 16.6. The third-order valence-electron chi connectivity index (χ3n) is 9.86. The van der Waals surface area contributed by atoms with E-state index in [2.05, 4.69) is 20.8 Å². The highest BCUT2D eigenvalue weighted by molar-refractivity contribution is 5.71. The molecule has 0 heterocycles. The summed E-state index contributed by atoms with van der Waals surface area (Å²) < 4.78 is 16.6. The van der Waals surface area contributed by atoms with Gasteiger partial charge < -0.3 is 14.2 Å². The minimum Gasteiger partial charge on any atom is -0.462 e. The molecule has 1 atom stereocenters. The van der Waals surface area contributed by atoms with E-state index < -0.39 is 6.10 Å². The van der Waals surface area contributed by atoms with E-state index >= 15 is 0 Å². The van der Waals surface area contributed by atoms with E-state index in [9.17, 15) is 14.4 Å². The Balaban J connectivity index is 4.27. The van der Waals surface area contributed by atoms with Crippen molar-refractivity contribution < 1.29 is 28.6 Å². The van der Waals surface area contributed by atoms with Crippen molar-refractivity contribution in [2.75, 3.05) is 13.2 Å². The average Bonchev–Trinajstić information content (AvgIpc) is 3.11. The molecule has 0 aromatic heterocycles. The molecule has 0 N–H and O–H groups in total. The molecule has 6 nitrogen and oxygen atoms in total. The molecular formula is C44H84O6. The topological polar surface area (TPSA) is 78.9 Å². The minimum atomic E-state index is -0.756. The minimum absolute atomic E-state index is 0.0633. The maximum atomic E-state index is 12.6. The molecule has 0 unspecified atom stereocenters. The van der Waals surface area contributed by atoms with Gasteiger partial charge >= 0.3 is 17.9 Å². The summed E-state index contributed by atoms with van der Waals surface area (Å²) in [6.07, 6.45) is 39.5. The first kappa shape index (κ1) is 48.4. The van der Waals surface area contributed by atoms with Crippen LogP contribution >= 0.6 is 0 Å². The van der Waals surface area contributed by atoms with Gasteiger partial charge in [0, 0.05) is 19.3 Å². The zero-order chi connectivity index (χ0) is 36.6. The summed E-state index contributed by atoms with van der Waals surface area (Å²) in [5, 5.41) is 0. The van der Waals surface area contributed by atoms with Gasteiger partial charge in [-0.1, -0.05) is 207 Å². The van der Waals surface area contributed by atoms with Gasteiger partial charge in [0.1, 0.15) is 13.2 Å². The van der Waals surface area contributed by atoms with Crippen LogP contribution in [0.2, 0.25) is 0 Å². The molecule has 0 radical (unpaired) electrons. The van der Waals surface area contributed by atoms with Gasteiger partial charge in [0.2, 0.25) is 0 Å². The lowest BCUT2D eigenvalue weighted by Gasteiger charge is -2.18. The van der Waals surface area contributed by atoms with Crippen LogP contribution in [0, 0.1) is 0 Å². The second kappa shape index (κ2) is 40.2. The molecule has 0 aliphatic carbocycles. The number of unbranched alkanes of at least 4 members (excludes halogenated alkanes) is 29. The number of esters is 3. The first-order valence-corrected chi connectivity index (χ1v) is 22.0. The smallest absolute Gasteiger partial charge is 0.306 e. The van der Waals surface area contributed by atoms with Crippen LogP contribution in [0.5, 0.6) is 0 Å². The van der Waals surface area contributed by atoms with E-state index in [0.29, 0.717) is 19.3 Å². The number of rotatable bonds is 40. The summed E-state index contributed by atoms with van der Waals surface area (Å²) in [6, 6.07) is 0. The largest absolute Gasteiger partial charge is 0.462 e. The van der Waals surface area contributed by atoms with E-state index in [-0.39, 0.29) is 31.1 Å². The number of ether oxygens (including phenoxy) is 3. The Kier molecular flexibility index (Phi) is 38.9. The molecule has 0 amide bonds. The lowest BCUT2D eigenvalue weighted by atomic mass is 10.0. The van der Waals surface area contributed by atoms with Crippen molar-refractivity contribution in [1.82, 2.24) is 0 Å². The normalized spacial score (nSPS) is 11.8. The van der Waals surface area contributed by atoms with Gasteiger partial charge in [-0.05, 0) is 19.3 Å². The van der Waals surface area contributed by atoms with Crippen molar-refractivity contribution >= 4 is 17.9 Å². The summed E-state index contributed by atoms with van der Waals surface area (Å²) in [7, 11) is 0. The number of carbonyl (C=O) groups is 3. The quantitative estimate of drug-likeness (QED) is 0.0358. The van der Waals surface area contributed by atoms with Gasteiger partial charge in [0.05, 0.1) is 0 Å². The maximum absolute atomic E-state index is 12.6. The zero-order valence-corrected chi connectivity index (χ0v) is 33.7. The van der Waals surface area contributed by atoms with Crippen molar-refractivity contribution in [3.05, 3.63) is 0 Å². The SMILES string of the molecule is CCCCCCCCCCCCCCCC(=O)OC[C@@H](COC(=O)CCCCCCCCC)OC(=O)CCCCCCCCCCCCCC. The van der Waals surface area contributed by atoms with Gasteiger partial charge in [-0.3, -0.25) is 14.4 Å². The molecule has 0 bridgehead atoms. The molecule has 0 saturated heterocycles. The summed E-state index contributed by atoms with van der Waals surface area (Å²) >= 11 is 0. The number of hydrogen-bond donors (Lipinski definition) is 0. The second-order valence-electron chi connectivity index (χ2n) is 15.0. The van der Waals surface area contributed by atoms with Crippen LogP contribution in [0.1, 0.15) is 245 Å². The molecule has 0 aromatic carbocycles. The number of carbonyl (C=O) groups excluding carboxylic acids is 3. The Hall–Kier alpha value is -1.59. The van der Waals surface area contributed by atoms with Crippen LogP contribution in [0.4, 0.5) is 0 Å². The Morgan fingerprint density at radius 2 is 0.540 bits per heavy atom. The number of hydrogen-bond acceptors (Lipinski definition) is 6. The third kappa shape index (κ3) is 37.7. The van der Waals surface area contributed by atoms with E-state index in [1.54, 1.807) is 0 Å². The summed E-state index contributed by atoms with van der Waals surface area (Å²) in [4.78, 5) is 37.5. The molecule has 0 spiro atoms. The average molecular weight is 709 g/mol. The van der Waals surface area contributed by atoms with Gasteiger partial charge in [-0.25, -0.2) is 0 Å². The fourth-order valence-electron chi connectivity index (χ4n) is 6.50. The van der Waals surface area contributed by atoms with Crippen molar-refractivity contribution in [2.45, 2.75) is 252 Å². The van der Waals surface area contributed by atoms with Crippen LogP contribution in [0.15, 0.2) is 0 Å². The predicted molar refractivity (Wildman–Crippen MR) is 210 cm³/mol. The summed E-state index contributed by atoms with van der Waals surface area (Å²) in [5.41, 5.74) is 0. The lowest BCUT2D eigenvalue weighted by molar-refractivity contribution is -0.167. The van der Waals surface area contributed by atoms with Crippen LogP contribution < -0.4 is 0 Å². The van der Waals surface area contributed by atoms with Gasteiger partial charge in [-0.15, -0.1) is 0 Å². The maximum Gasteiger partial charge on any atom is 0.306 e. The van der Waals surface area contributed by atoms with Crippen LogP contribution in [0.3, 0.4) is 0 Å². The zero-order valence-electron chi connectivity index (χ0n) is 33.7. The van der Waals surface area contributed by atoms with E-state index in [4.69, 9.17) is 14.2 Å². The molecule has 6 heteroatoms. The van der Waals surface area contributed by atoms with Crippen LogP contribution in [-0.2, 0) is 28.6 Å². The summed E-state index contributed by atoms with van der Waals surface area (Å²) in [5.74, 6) is -0.860. The molecule has 0 rings (SSSR count). The van der Waals surface area contributed by atoms with Crippen molar-refractivity contribution in [3.63, 3.8) is 0 Å². The Morgan fingerprint density at radius 3 is 0.800 bits per heavy atom. The standard InChI is InChI=1S/C44H84O6/c1-4-7-10-13-16-18-20-22-24-25-28-31-34-37-43(46)49-40-41(39-48-42(45)36-33-30-27-15-12-9-6-3)50-44(47)38-35-32-29-26-23-21-19-17-14-11-8-5-2/h41H,4-40H2,1-3H3/t41-/m1/s1. The van der Waals surface area contributed by atoms with E-state index in [0.717, 1.165) is 57.8 Å². The fraction of sp³-hybridized carbons (Fsp3) is 0.932. The summed E-state index contributed by atoms with van der Waals surface area (Å²) in [6.45, 7) is 6.60. The Morgan fingerprint density at radius 1 is 0.320 bits per heavy atom. The Labute approximate surface area is 310 Å². The van der Waals surface area contributed by atoms with Gasteiger partial charge in [0.15, 0.2) is 6.10 Å². The molecule has 50 heavy (non-hydrogen) atoms. The second-order valence-corrected chi connectivity index (χ2v) is 15.0. The van der Waals surface area contributed by atoms with Gasteiger partial charge in [0.25, 0.3) is 0 Å². The predicted octanol–water partition coefficient (Wildman–Crippen LogP) is 13.7. The molecule has 0 aromatic rings. The monoisotopic (exact) mass is 709 g/mol. The van der Waals surface area contributed by atoms with Crippen molar-refractivity contribution in [2.24, 2.45) is 0 Å². The highest BCUT2D eigenvalue weighted by Gasteiger charge is 2.19. The molecule has 0 fully saturated rings. The fourth-order valence-corrected chi connectivity index (χ4v) is 6.50. The Bertz CT molecular complexity index is 738. The van der Waals surface area contributed by atoms with Crippen LogP contribution in [-0.4, -0.2) is 37.2 Å². The molecule has 0 saturated carbocycles. The van der Waals surface area contributed by atoms with Crippen molar-refractivity contribution in [3.8, 4) is 0 Å². The van der Waals surface area contributed by atoms with E-state index in [1.165, 1.54) is 148 Å². The molecular weight excluding hydrogens is 624 g/mol. The molecule has 0 aliphatic rings. The molecule has 296 valence electrons. The first-order valence-electron chi connectivity index (χ1n) is 22.0. The highest BCUT2D eigenvalue weighted by Crippen LogP contribution is 2.15. The van der Waals surface area contributed by atoms with E-state index in [1.807, 2.05) is 0 Å². The molecule has 0 aliphatic heterocycles. The lowest BCUT2D eigenvalue weighted by Crippen LogP contribution is -2.30. The first-order chi connectivity index (χ1) is 24.5. The van der Waals surface area contributed by atoms with Crippen molar-refractivity contribution in [1.29, 1.82) is 0 Å². The van der Waals surface area contributed by atoms with Crippen LogP contribution in [0.25, 0.3) is 0 Å². The third-order valence-corrected chi connectivity index (χ3v) is 9.86. The van der Waals surface area contributed by atoms with Gasteiger partial charge in [-0.2, -0.15) is 0 Å².